The molecule has 0 unspecified atom stereocenters. The molecule has 2 N–H and O–H groups in total. The SMILES string of the molecule is CC(C)(C)OC(=O)N[C@@H]1CCN(c2c(F)cc3c(=O)c(C(=O)NCCCN4CCOCC4)cn4c3c2Oc2cc3ccccc3cc2-4)C1. The van der Waals surface area contributed by atoms with Gasteiger partial charge in [0.25, 0.3) is 5.91 Å². The first-order valence-corrected chi connectivity index (χ1v) is 16.5. The van der Waals surface area contributed by atoms with Crippen molar-refractivity contribution in [1.29, 1.82) is 0 Å². The summed E-state index contributed by atoms with van der Waals surface area (Å²) in [7, 11) is 0. The van der Waals surface area contributed by atoms with E-state index in [1.165, 1.54) is 6.07 Å². The van der Waals surface area contributed by atoms with Crippen molar-refractivity contribution in [3.8, 4) is 17.2 Å². The maximum atomic E-state index is 16.3. The first-order valence-electron chi connectivity index (χ1n) is 16.5. The van der Waals surface area contributed by atoms with E-state index in [1.807, 2.05) is 41.3 Å². The van der Waals surface area contributed by atoms with Crippen molar-refractivity contribution >= 4 is 39.4 Å². The molecule has 1 atom stereocenters. The average molecular weight is 658 g/mol. The molecule has 4 aromatic rings. The molecule has 48 heavy (non-hydrogen) atoms. The van der Waals surface area contributed by atoms with E-state index in [1.54, 1.807) is 31.5 Å². The fourth-order valence-corrected chi connectivity index (χ4v) is 6.73. The highest BCUT2D eigenvalue weighted by atomic mass is 19.1. The molecule has 2 saturated heterocycles. The zero-order valence-electron chi connectivity index (χ0n) is 27.4. The summed E-state index contributed by atoms with van der Waals surface area (Å²) in [6, 6.07) is 12.6. The molecule has 2 fully saturated rings. The van der Waals surface area contributed by atoms with Crippen LogP contribution in [0.15, 0.2) is 53.5 Å². The number of carbonyl (C=O) groups excluding carboxylic acids is 2. The van der Waals surface area contributed by atoms with Crippen LogP contribution in [0, 0.1) is 5.82 Å². The summed E-state index contributed by atoms with van der Waals surface area (Å²) in [5.41, 5.74) is -0.0795. The van der Waals surface area contributed by atoms with Crippen molar-refractivity contribution in [1.82, 2.24) is 20.1 Å². The van der Waals surface area contributed by atoms with E-state index in [2.05, 4.69) is 15.5 Å². The van der Waals surface area contributed by atoms with Gasteiger partial charge in [0.05, 0.1) is 30.3 Å². The van der Waals surface area contributed by atoms with Gasteiger partial charge in [-0.25, -0.2) is 9.18 Å². The first kappa shape index (κ1) is 31.9. The molecule has 252 valence electrons. The molecule has 0 bridgehead atoms. The molecule has 2 amide bonds. The Labute approximate surface area is 277 Å². The van der Waals surface area contributed by atoms with Crippen molar-refractivity contribution in [2.24, 2.45) is 0 Å². The lowest BCUT2D eigenvalue weighted by molar-refractivity contribution is 0.0374. The van der Waals surface area contributed by atoms with Gasteiger partial charge in [0.15, 0.2) is 17.3 Å². The van der Waals surface area contributed by atoms with Crippen molar-refractivity contribution in [2.75, 3.05) is 57.4 Å². The Kier molecular flexibility index (Phi) is 8.46. The van der Waals surface area contributed by atoms with E-state index in [0.29, 0.717) is 56.2 Å². The normalized spacial score (nSPS) is 17.7. The van der Waals surface area contributed by atoms with Crippen LogP contribution >= 0.6 is 0 Å². The third kappa shape index (κ3) is 6.29. The predicted octanol–water partition coefficient (Wildman–Crippen LogP) is 4.94. The highest BCUT2D eigenvalue weighted by Crippen LogP contribution is 2.48. The van der Waals surface area contributed by atoms with Crippen LogP contribution in [0.4, 0.5) is 14.9 Å². The Balaban J connectivity index is 1.25. The molecular weight excluding hydrogens is 617 g/mol. The van der Waals surface area contributed by atoms with Gasteiger partial charge < -0.3 is 34.3 Å². The lowest BCUT2D eigenvalue weighted by Crippen LogP contribution is -2.40. The van der Waals surface area contributed by atoms with Crippen LogP contribution < -0.4 is 25.7 Å². The second kappa shape index (κ2) is 12.7. The van der Waals surface area contributed by atoms with Crippen LogP contribution in [0.5, 0.6) is 11.5 Å². The summed E-state index contributed by atoms with van der Waals surface area (Å²) in [6.07, 6.45) is 2.29. The predicted molar refractivity (Wildman–Crippen MR) is 181 cm³/mol. The quantitative estimate of drug-likeness (QED) is 0.237. The summed E-state index contributed by atoms with van der Waals surface area (Å²) in [5, 5.41) is 7.71. The number of amides is 2. The number of carbonyl (C=O) groups is 2. The number of nitrogens with zero attached hydrogens (tertiary/aromatic N) is 3. The van der Waals surface area contributed by atoms with Crippen LogP contribution in [-0.4, -0.2) is 85.6 Å². The van der Waals surface area contributed by atoms with Crippen molar-refractivity contribution in [3.05, 3.63) is 70.3 Å². The Hall–Kier alpha value is -4.68. The summed E-state index contributed by atoms with van der Waals surface area (Å²) in [4.78, 5) is 44.0. The van der Waals surface area contributed by atoms with Crippen LogP contribution in [0.1, 0.15) is 44.0 Å². The van der Waals surface area contributed by atoms with E-state index >= 15 is 4.39 Å². The number of hydrogen-bond donors (Lipinski definition) is 2. The zero-order valence-corrected chi connectivity index (χ0v) is 27.4. The number of nitrogens with one attached hydrogen (secondary N) is 2. The monoisotopic (exact) mass is 657 g/mol. The maximum absolute atomic E-state index is 16.3. The van der Waals surface area contributed by atoms with Crippen LogP contribution in [-0.2, 0) is 9.47 Å². The van der Waals surface area contributed by atoms with Gasteiger partial charge in [-0.05, 0) is 69.1 Å². The number of rotatable bonds is 7. The van der Waals surface area contributed by atoms with Gasteiger partial charge in [0.1, 0.15) is 22.4 Å². The summed E-state index contributed by atoms with van der Waals surface area (Å²) < 4.78 is 35.3. The molecule has 3 aliphatic heterocycles. The third-order valence-corrected chi connectivity index (χ3v) is 8.98. The van der Waals surface area contributed by atoms with Crippen LogP contribution in [0.25, 0.3) is 27.4 Å². The summed E-state index contributed by atoms with van der Waals surface area (Å²) in [5.74, 6) is -0.493. The van der Waals surface area contributed by atoms with E-state index in [4.69, 9.17) is 14.2 Å². The first-order chi connectivity index (χ1) is 23.1. The summed E-state index contributed by atoms with van der Waals surface area (Å²) >= 11 is 0. The fraction of sp³-hybridized carbons (Fsp3) is 0.417. The number of fused-ring (bicyclic) bond motifs is 3. The Morgan fingerprint density at radius 2 is 1.81 bits per heavy atom. The zero-order chi connectivity index (χ0) is 33.6. The van der Waals surface area contributed by atoms with Gasteiger partial charge in [-0.2, -0.15) is 0 Å². The Morgan fingerprint density at radius 3 is 2.56 bits per heavy atom. The highest BCUT2D eigenvalue weighted by Gasteiger charge is 2.34. The Bertz CT molecular complexity index is 1970. The highest BCUT2D eigenvalue weighted by molar-refractivity contribution is 6.02. The molecule has 4 heterocycles. The van der Waals surface area contributed by atoms with E-state index in [0.717, 1.165) is 36.8 Å². The van der Waals surface area contributed by atoms with Crippen LogP contribution in [0.3, 0.4) is 0 Å². The van der Waals surface area contributed by atoms with Gasteiger partial charge in [-0.15, -0.1) is 0 Å². The number of morpholine rings is 1. The van der Waals surface area contributed by atoms with Gasteiger partial charge in [-0.3, -0.25) is 14.5 Å². The number of halogens is 1. The molecule has 0 radical (unpaired) electrons. The fourth-order valence-electron chi connectivity index (χ4n) is 6.73. The smallest absolute Gasteiger partial charge is 0.407 e. The lowest BCUT2D eigenvalue weighted by Gasteiger charge is -2.29. The minimum absolute atomic E-state index is 0.0497. The molecule has 0 saturated carbocycles. The van der Waals surface area contributed by atoms with Gasteiger partial charge in [0.2, 0.25) is 5.43 Å². The van der Waals surface area contributed by atoms with E-state index < -0.39 is 28.8 Å². The lowest BCUT2D eigenvalue weighted by atomic mass is 10.0. The van der Waals surface area contributed by atoms with Crippen molar-refractivity contribution in [3.63, 3.8) is 0 Å². The number of aromatic nitrogens is 1. The summed E-state index contributed by atoms with van der Waals surface area (Å²) in [6.45, 7) is 10.5. The van der Waals surface area contributed by atoms with Crippen molar-refractivity contribution < 1.29 is 28.2 Å². The molecule has 0 spiro atoms. The molecule has 3 aliphatic rings. The topological polar surface area (TPSA) is 114 Å². The van der Waals surface area contributed by atoms with Gasteiger partial charge >= 0.3 is 6.09 Å². The molecular formula is C36H40FN5O6. The van der Waals surface area contributed by atoms with Crippen molar-refractivity contribution in [2.45, 2.75) is 45.3 Å². The molecule has 12 heteroatoms. The Morgan fingerprint density at radius 1 is 1.06 bits per heavy atom. The molecule has 0 aliphatic carbocycles. The second-order valence-electron chi connectivity index (χ2n) is 13.6. The molecule has 11 nitrogen and oxygen atoms in total. The number of anilines is 1. The number of alkyl carbamates (subject to hydrolysis) is 1. The van der Waals surface area contributed by atoms with Crippen LogP contribution in [0.2, 0.25) is 0 Å². The molecule has 3 aromatic carbocycles. The maximum Gasteiger partial charge on any atom is 0.407 e. The van der Waals surface area contributed by atoms with E-state index in [9.17, 15) is 14.4 Å². The molecule has 1 aromatic heterocycles. The number of ether oxygens (including phenoxy) is 3. The standard InChI is InChI=1S/C36H40FN5O6/c1-36(2,3)48-35(45)39-24-9-12-41(20-24)31-27(37)19-25-30-33(31)47-29-18-23-8-5-4-7-22(23)17-28(29)42(30)21-26(32(25)43)34(44)38-10-6-11-40-13-15-46-16-14-40/h4-5,7-8,17-19,21,24H,6,9-16,20H2,1-3H3,(H,38,44)(H,39,45)/t24-/m1/s1. The van der Waals surface area contributed by atoms with Gasteiger partial charge in [-0.1, -0.05) is 24.3 Å². The second-order valence-corrected chi connectivity index (χ2v) is 13.6. The van der Waals surface area contributed by atoms with Gasteiger partial charge in [0, 0.05) is 38.9 Å². The third-order valence-electron chi connectivity index (χ3n) is 8.98. The average Bonchev–Trinajstić information content (AvgIpc) is 3.50. The number of pyridine rings is 1. The van der Waals surface area contributed by atoms with E-state index in [-0.39, 0.29) is 28.4 Å². The minimum Gasteiger partial charge on any atom is -0.451 e. The minimum atomic E-state index is -0.648. The number of hydrogen-bond acceptors (Lipinski definition) is 8. The largest absolute Gasteiger partial charge is 0.451 e. The number of benzene rings is 3. The molecule has 7 rings (SSSR count).